The van der Waals surface area contributed by atoms with Gasteiger partial charge in [0.15, 0.2) is 12.6 Å². The third kappa shape index (κ3) is 31.9. The van der Waals surface area contributed by atoms with E-state index in [4.69, 9.17) is 18.9 Å². The summed E-state index contributed by atoms with van der Waals surface area (Å²) in [6, 6.07) is -0.936. The molecule has 2 saturated heterocycles. The first-order valence-corrected chi connectivity index (χ1v) is 29.1. The lowest BCUT2D eigenvalue weighted by Crippen LogP contribution is -2.65. The van der Waals surface area contributed by atoms with Gasteiger partial charge in [-0.25, -0.2) is 0 Å². The number of aliphatic hydroxyl groups excluding tert-OH is 8. The molecule has 2 aliphatic rings. The van der Waals surface area contributed by atoms with Crippen LogP contribution in [0.25, 0.3) is 0 Å². The van der Waals surface area contributed by atoms with E-state index < -0.39 is 86.8 Å². The highest BCUT2D eigenvalue weighted by atomic mass is 16.7. The van der Waals surface area contributed by atoms with Crippen LogP contribution in [0.3, 0.4) is 0 Å². The standard InChI is InChI=1S/C62H103NO13/c1-3-5-7-9-11-13-15-17-18-19-20-21-22-23-24-25-26-27-28-29-30-31-32-34-36-38-40-42-44-46-54(67)63-50(51(66)45-43-41-39-37-35-33-16-14-12-10-8-6-4-2)49-73-61-59(72)57(70)60(53(48-65)75-61)76-62-58(71)56(69)55(68)52(47-64)74-62/h5,7,11,13,17-18,20-21,23-24,26-27,29-30,32,34,43,45,50-53,55-62,64-66,68-72H,3-4,6,8-10,12,14-16,19,22,25,28,31,33,35-42,44,46-49H2,1-2H3,(H,63,67)/b7-5-,13-11-,18-17-,21-20-,24-23-,27-26-,30-29-,34-32-,45-43+. The van der Waals surface area contributed by atoms with Gasteiger partial charge in [-0.15, -0.1) is 0 Å². The number of carbonyl (C=O) groups excluding carboxylic acids is 1. The molecule has 1 amide bonds. The van der Waals surface area contributed by atoms with E-state index in [0.717, 1.165) is 103 Å². The molecule has 0 aromatic carbocycles. The van der Waals surface area contributed by atoms with Crippen molar-refractivity contribution in [1.29, 1.82) is 0 Å². The van der Waals surface area contributed by atoms with Gasteiger partial charge in [0.2, 0.25) is 5.91 Å². The van der Waals surface area contributed by atoms with Crippen LogP contribution in [-0.2, 0) is 23.7 Å². The molecular formula is C62H103NO13. The van der Waals surface area contributed by atoms with Crippen molar-refractivity contribution in [3.05, 3.63) is 109 Å². The number of aliphatic hydroxyl groups is 8. The van der Waals surface area contributed by atoms with E-state index in [0.29, 0.717) is 6.42 Å². The number of carbonyl (C=O) groups is 1. The Hall–Kier alpha value is -3.35. The van der Waals surface area contributed by atoms with Crippen LogP contribution in [0.15, 0.2) is 109 Å². The minimum atomic E-state index is -1.80. The molecular weight excluding hydrogens is 967 g/mol. The summed E-state index contributed by atoms with van der Waals surface area (Å²) in [6.45, 7) is 2.63. The van der Waals surface area contributed by atoms with Crippen LogP contribution in [-0.4, -0.2) is 140 Å². The Morgan fingerprint density at radius 3 is 1.39 bits per heavy atom. The number of amides is 1. The Bertz CT molecular complexity index is 1690. The second-order valence-electron chi connectivity index (χ2n) is 20.0. The van der Waals surface area contributed by atoms with E-state index in [1.54, 1.807) is 6.08 Å². The molecule has 0 aromatic rings. The van der Waals surface area contributed by atoms with Crippen LogP contribution in [0.2, 0.25) is 0 Å². The maximum atomic E-state index is 13.2. The molecule has 2 fully saturated rings. The lowest BCUT2D eigenvalue weighted by molar-refractivity contribution is -0.359. The molecule has 0 saturated carbocycles. The fraction of sp³-hybridized carbons (Fsp3) is 0.694. The lowest BCUT2D eigenvalue weighted by Gasteiger charge is -2.46. The van der Waals surface area contributed by atoms with Gasteiger partial charge in [0.25, 0.3) is 0 Å². The van der Waals surface area contributed by atoms with Gasteiger partial charge in [0, 0.05) is 6.42 Å². The summed E-state index contributed by atoms with van der Waals surface area (Å²) in [5.41, 5.74) is 0. The zero-order chi connectivity index (χ0) is 55.3. The Balaban J connectivity index is 1.76. The van der Waals surface area contributed by atoms with Gasteiger partial charge in [-0.1, -0.05) is 200 Å². The average molecular weight is 1070 g/mol. The van der Waals surface area contributed by atoms with E-state index in [9.17, 15) is 45.6 Å². The minimum Gasteiger partial charge on any atom is -0.394 e. The maximum Gasteiger partial charge on any atom is 0.220 e. The molecule has 0 aromatic heterocycles. The van der Waals surface area contributed by atoms with Gasteiger partial charge in [-0.2, -0.15) is 0 Å². The first-order chi connectivity index (χ1) is 37.1. The molecule has 0 radical (unpaired) electrons. The molecule has 14 heteroatoms. The Morgan fingerprint density at radius 1 is 0.487 bits per heavy atom. The monoisotopic (exact) mass is 1070 g/mol. The number of nitrogens with one attached hydrogen (secondary N) is 1. The molecule has 76 heavy (non-hydrogen) atoms. The van der Waals surface area contributed by atoms with Crippen LogP contribution < -0.4 is 5.32 Å². The van der Waals surface area contributed by atoms with Crippen molar-refractivity contribution in [1.82, 2.24) is 5.32 Å². The predicted molar refractivity (Wildman–Crippen MR) is 304 cm³/mol. The topological polar surface area (TPSA) is 228 Å². The third-order valence-electron chi connectivity index (χ3n) is 13.5. The second kappa shape index (κ2) is 46.6. The van der Waals surface area contributed by atoms with Crippen molar-refractivity contribution in [3.63, 3.8) is 0 Å². The predicted octanol–water partition coefficient (Wildman–Crippen LogP) is 9.66. The first-order valence-electron chi connectivity index (χ1n) is 29.1. The van der Waals surface area contributed by atoms with Gasteiger partial charge in [-0.3, -0.25) is 4.79 Å². The molecule has 9 N–H and O–H groups in total. The molecule has 0 spiro atoms. The van der Waals surface area contributed by atoms with E-state index in [1.165, 1.54) is 51.4 Å². The molecule has 12 unspecified atom stereocenters. The summed E-state index contributed by atoms with van der Waals surface area (Å²) >= 11 is 0. The molecule has 2 rings (SSSR count). The van der Waals surface area contributed by atoms with Crippen LogP contribution in [0.5, 0.6) is 0 Å². The third-order valence-corrected chi connectivity index (χ3v) is 13.5. The van der Waals surface area contributed by atoms with Crippen molar-refractivity contribution < 1.29 is 64.6 Å². The van der Waals surface area contributed by atoms with Crippen LogP contribution in [0, 0.1) is 0 Å². The average Bonchev–Trinajstić information content (AvgIpc) is 3.42. The quantitative estimate of drug-likeness (QED) is 0.0205. The van der Waals surface area contributed by atoms with E-state index in [1.807, 2.05) is 6.08 Å². The summed E-state index contributed by atoms with van der Waals surface area (Å²) < 4.78 is 22.7. The Morgan fingerprint density at radius 2 is 0.908 bits per heavy atom. The number of hydrogen-bond acceptors (Lipinski definition) is 13. The Labute approximate surface area is 457 Å². The number of allylic oxidation sites excluding steroid dienone is 17. The number of unbranched alkanes of at least 4 members (excludes halogenated alkanes) is 15. The molecule has 12 atom stereocenters. The van der Waals surface area contributed by atoms with Crippen molar-refractivity contribution in [3.8, 4) is 0 Å². The van der Waals surface area contributed by atoms with Crippen LogP contribution in [0.4, 0.5) is 0 Å². The van der Waals surface area contributed by atoms with E-state index in [2.05, 4.69) is 116 Å². The summed E-state index contributed by atoms with van der Waals surface area (Å²) in [4.78, 5) is 13.2. The van der Waals surface area contributed by atoms with Crippen molar-refractivity contribution in [2.24, 2.45) is 0 Å². The highest BCUT2D eigenvalue weighted by Crippen LogP contribution is 2.30. The normalized spacial score (nSPS) is 25.7. The van der Waals surface area contributed by atoms with E-state index in [-0.39, 0.29) is 18.9 Å². The second-order valence-corrected chi connectivity index (χ2v) is 20.0. The molecule has 14 nitrogen and oxygen atoms in total. The summed E-state index contributed by atoms with van der Waals surface area (Å²) in [6.07, 6.45) is 48.4. The largest absolute Gasteiger partial charge is 0.394 e. The summed E-state index contributed by atoms with van der Waals surface area (Å²) in [5.74, 6) is -0.270. The highest BCUT2D eigenvalue weighted by Gasteiger charge is 2.51. The number of ether oxygens (including phenoxy) is 4. The van der Waals surface area contributed by atoms with Crippen molar-refractivity contribution in [2.75, 3.05) is 19.8 Å². The zero-order valence-corrected chi connectivity index (χ0v) is 46.4. The zero-order valence-electron chi connectivity index (χ0n) is 46.4. The Kier molecular flexibility index (Phi) is 42.1. The van der Waals surface area contributed by atoms with Crippen molar-refractivity contribution >= 4 is 5.91 Å². The maximum absolute atomic E-state index is 13.2. The van der Waals surface area contributed by atoms with Crippen LogP contribution in [0.1, 0.15) is 181 Å². The molecule has 0 bridgehead atoms. The molecule has 2 aliphatic heterocycles. The van der Waals surface area contributed by atoms with E-state index >= 15 is 0 Å². The van der Waals surface area contributed by atoms with Gasteiger partial charge >= 0.3 is 0 Å². The SMILES string of the molecule is CC/C=C\C/C=C\C/C=C\C/C=C\C/C=C\C/C=C\C/C=C\C/C=C\CCCCCCC(=O)NC(COC1OC(CO)C(OC2OC(CO)C(O)C(O)C2O)C(O)C1O)C(O)/C=C/CCCCCCCCCCCCC. The van der Waals surface area contributed by atoms with Gasteiger partial charge in [0.1, 0.15) is 48.8 Å². The molecule has 434 valence electrons. The van der Waals surface area contributed by atoms with Crippen LogP contribution >= 0.6 is 0 Å². The lowest BCUT2D eigenvalue weighted by atomic mass is 9.97. The smallest absolute Gasteiger partial charge is 0.220 e. The molecule has 2 heterocycles. The number of hydrogen-bond donors (Lipinski definition) is 9. The highest BCUT2D eigenvalue weighted by molar-refractivity contribution is 5.76. The van der Waals surface area contributed by atoms with Gasteiger partial charge in [0.05, 0.1) is 32.0 Å². The number of rotatable bonds is 44. The fourth-order valence-electron chi connectivity index (χ4n) is 8.78. The fourth-order valence-corrected chi connectivity index (χ4v) is 8.78. The van der Waals surface area contributed by atoms with Gasteiger partial charge < -0.3 is 65.1 Å². The summed E-state index contributed by atoms with van der Waals surface area (Å²) in [5, 5.41) is 86.9. The van der Waals surface area contributed by atoms with Gasteiger partial charge in [-0.05, 0) is 83.5 Å². The minimum absolute atomic E-state index is 0.244. The summed E-state index contributed by atoms with van der Waals surface area (Å²) in [7, 11) is 0. The van der Waals surface area contributed by atoms with Crippen molar-refractivity contribution in [2.45, 2.75) is 254 Å². The first kappa shape index (κ1) is 68.8. The molecule has 0 aliphatic carbocycles.